The molecule has 14 N–H and O–H groups in total. The average molecular weight is 245 g/mol. The molecule has 0 atom stereocenters. The molecular weight excluding hydrogens is 231 g/mol. The lowest BCUT2D eigenvalue weighted by Gasteiger charge is -2.31. The molecule has 96 valence electrons. The minimum Gasteiger partial charge on any atom is -0.412 e. The highest BCUT2D eigenvalue weighted by Gasteiger charge is 2.52. The quantitative estimate of drug-likeness (QED) is 0.338. The summed E-state index contributed by atoms with van der Waals surface area (Å²) in [7, 11) is -4.46. The van der Waals surface area contributed by atoms with E-state index in [-0.39, 0.29) is 28.7 Å². The summed E-state index contributed by atoms with van der Waals surface area (Å²) in [6.45, 7) is 0. The Morgan fingerprint density at radius 3 is 1.12 bits per heavy atom. The van der Waals surface area contributed by atoms with Gasteiger partial charge in [0.05, 0.1) is 0 Å². The van der Waals surface area contributed by atoms with Crippen LogP contribution in [-0.4, -0.2) is 55.8 Å². The van der Waals surface area contributed by atoms with E-state index in [1.54, 1.807) is 0 Å². The second kappa shape index (κ2) is 9.97. The van der Waals surface area contributed by atoms with Gasteiger partial charge in [-0.15, -0.1) is 0 Å². The van der Waals surface area contributed by atoms with Gasteiger partial charge in [-0.2, -0.15) is 0 Å². The van der Waals surface area contributed by atoms with Crippen molar-refractivity contribution >= 4 is 29.3 Å². The molecule has 2 rings (SSSR count). The number of rotatable bonds is 2. The fraction of sp³-hybridized carbons (Fsp3) is 0. The second-order valence-electron chi connectivity index (χ2n) is 1.87. The lowest BCUT2D eigenvalue weighted by Crippen LogP contribution is -2.59. The first-order valence-electron chi connectivity index (χ1n) is 2.87. The van der Waals surface area contributed by atoms with Crippen molar-refractivity contribution in [3.05, 3.63) is 0 Å². The molecular formula is H14B4N2O10. The van der Waals surface area contributed by atoms with Gasteiger partial charge in [0.1, 0.15) is 0 Å². The van der Waals surface area contributed by atoms with Crippen LogP contribution in [0.1, 0.15) is 0 Å². The minimum absolute atomic E-state index is 0. The average Bonchev–Trinajstić information content (AvgIpc) is 1.81. The smallest absolute Gasteiger partial charge is 0.412 e. The van der Waals surface area contributed by atoms with E-state index >= 15 is 0 Å². The van der Waals surface area contributed by atoms with Crippen molar-refractivity contribution in [2.45, 2.75) is 0 Å². The van der Waals surface area contributed by atoms with Crippen LogP contribution in [0.5, 0.6) is 0 Å². The molecule has 0 bridgehead atoms. The highest BCUT2D eigenvalue weighted by atomic mass is 16.9. The summed E-state index contributed by atoms with van der Waals surface area (Å²) in [5.74, 6) is 0. The minimum atomic E-state index is -1.25. The van der Waals surface area contributed by atoms with Crippen molar-refractivity contribution in [1.29, 1.82) is 0 Å². The molecule has 0 amide bonds. The zero-order valence-corrected chi connectivity index (χ0v) is 8.16. The van der Waals surface area contributed by atoms with E-state index in [0.29, 0.717) is 0 Å². The van der Waals surface area contributed by atoms with Crippen LogP contribution in [0.2, 0.25) is 0 Å². The van der Waals surface area contributed by atoms with Crippen molar-refractivity contribution in [2.24, 2.45) is 0 Å². The summed E-state index contributed by atoms with van der Waals surface area (Å²) in [5, 5.41) is 16.8. The first kappa shape index (κ1) is 24.8. The summed E-state index contributed by atoms with van der Waals surface area (Å²) in [6, 6.07) is 0. The topological polar surface area (TPSA) is 251 Å². The molecule has 2 aliphatic rings. The Morgan fingerprint density at radius 2 is 0.938 bits per heavy atom. The third-order valence-corrected chi connectivity index (χ3v) is 1.13. The maximum absolute atomic E-state index is 8.42. The molecule has 0 aliphatic carbocycles. The van der Waals surface area contributed by atoms with Crippen LogP contribution in [0.25, 0.3) is 0 Å². The molecule has 0 unspecified atom stereocenters. The van der Waals surface area contributed by atoms with Crippen LogP contribution in [0.15, 0.2) is 0 Å². The van der Waals surface area contributed by atoms with E-state index in [1.807, 2.05) is 0 Å². The molecule has 2 heterocycles. The van der Waals surface area contributed by atoms with E-state index in [1.165, 1.54) is 0 Å². The highest BCUT2D eigenvalue weighted by molar-refractivity contribution is 6.74. The molecule has 0 aromatic heterocycles. The standard InChI is InChI=1S/B4H2O7.2H3N.3H2O/c5-1-7-3(8-1)11-4-9-2(6)10-4;;;;;/h5-6H;2*1H3;3*1H2. The molecule has 0 aromatic rings. The number of hydrogen-bond donors (Lipinski definition) is 4. The van der Waals surface area contributed by atoms with Crippen molar-refractivity contribution in [3.63, 3.8) is 0 Å². The summed E-state index contributed by atoms with van der Waals surface area (Å²) < 4.78 is 22.5. The lowest BCUT2D eigenvalue weighted by atomic mass is 9.90. The van der Waals surface area contributed by atoms with E-state index in [0.717, 1.165) is 0 Å². The maximum Gasteiger partial charge on any atom is 0.612 e. The van der Waals surface area contributed by atoms with Crippen LogP contribution in [0.3, 0.4) is 0 Å². The van der Waals surface area contributed by atoms with Gasteiger partial charge in [0.25, 0.3) is 0 Å². The van der Waals surface area contributed by atoms with Gasteiger partial charge in [0.15, 0.2) is 0 Å². The predicted octanol–water partition coefficient (Wildman–Crippen LogP) is -5.13. The molecule has 16 heteroatoms. The van der Waals surface area contributed by atoms with Crippen LogP contribution < -0.4 is 12.3 Å². The van der Waals surface area contributed by atoms with Gasteiger partial charge < -0.3 is 61.6 Å². The normalized spacial score (nSPS) is 16.1. The third kappa shape index (κ3) is 5.75. The molecule has 2 fully saturated rings. The molecule has 0 aromatic carbocycles. The van der Waals surface area contributed by atoms with E-state index in [9.17, 15) is 0 Å². The van der Waals surface area contributed by atoms with Crippen LogP contribution in [-0.2, 0) is 22.9 Å². The first-order chi connectivity index (χ1) is 5.24. The van der Waals surface area contributed by atoms with Gasteiger partial charge in [-0.3, -0.25) is 0 Å². The highest BCUT2D eigenvalue weighted by Crippen LogP contribution is 2.14. The molecule has 0 radical (unpaired) electrons. The Kier molecular flexibility index (Phi) is 15.5. The summed E-state index contributed by atoms with van der Waals surface area (Å²) in [6.07, 6.45) is 0. The van der Waals surface area contributed by atoms with Crippen LogP contribution in [0, 0.1) is 0 Å². The van der Waals surface area contributed by atoms with Crippen molar-refractivity contribution in [1.82, 2.24) is 12.3 Å². The Balaban J connectivity index is -0.000000144. The van der Waals surface area contributed by atoms with Crippen molar-refractivity contribution in [3.8, 4) is 0 Å². The second-order valence-corrected chi connectivity index (χ2v) is 1.87. The molecule has 16 heavy (non-hydrogen) atoms. The summed E-state index contributed by atoms with van der Waals surface area (Å²) in [4.78, 5) is 0. The zero-order valence-electron chi connectivity index (χ0n) is 8.16. The van der Waals surface area contributed by atoms with Gasteiger partial charge in [0, 0.05) is 0 Å². The predicted molar refractivity (Wildman–Crippen MR) is 53.8 cm³/mol. The summed E-state index contributed by atoms with van der Waals surface area (Å²) in [5.41, 5.74) is 0. The zero-order chi connectivity index (χ0) is 7.84. The maximum atomic E-state index is 8.42. The monoisotopic (exact) mass is 246 g/mol. The third-order valence-electron chi connectivity index (χ3n) is 1.13. The fourth-order valence-electron chi connectivity index (χ4n) is 0.620. The largest absolute Gasteiger partial charge is 0.612 e. The van der Waals surface area contributed by atoms with Gasteiger partial charge in [-0.25, -0.2) is 0 Å². The first-order valence-corrected chi connectivity index (χ1v) is 2.87. The molecule has 2 saturated heterocycles. The Bertz CT molecular complexity index is 132. The van der Waals surface area contributed by atoms with Crippen LogP contribution in [0.4, 0.5) is 0 Å². The Labute approximate surface area is 91.9 Å². The van der Waals surface area contributed by atoms with Crippen molar-refractivity contribution < 1.29 is 49.3 Å². The van der Waals surface area contributed by atoms with Crippen molar-refractivity contribution in [2.75, 3.05) is 0 Å². The van der Waals surface area contributed by atoms with E-state index in [2.05, 4.69) is 22.9 Å². The van der Waals surface area contributed by atoms with E-state index in [4.69, 9.17) is 10.0 Å². The fourth-order valence-corrected chi connectivity index (χ4v) is 0.620. The van der Waals surface area contributed by atoms with Gasteiger partial charge in [0.2, 0.25) is 0 Å². The number of hydrogen-bond acceptors (Lipinski definition) is 9. The summed E-state index contributed by atoms with van der Waals surface area (Å²) >= 11 is 0. The van der Waals surface area contributed by atoms with Gasteiger partial charge in [-0.1, -0.05) is 0 Å². The molecule has 0 saturated carbocycles. The SMILES string of the molecule is N.N.O.O.O.OB1OB(OB2OB(O)O2)O1. The lowest BCUT2D eigenvalue weighted by molar-refractivity contribution is 0.0834. The van der Waals surface area contributed by atoms with E-state index < -0.39 is 29.3 Å². The molecule has 2 aliphatic heterocycles. The Morgan fingerprint density at radius 1 is 0.688 bits per heavy atom. The molecule has 0 spiro atoms. The van der Waals surface area contributed by atoms with Crippen LogP contribution >= 0.6 is 0 Å². The Hall–Kier alpha value is -0.220. The van der Waals surface area contributed by atoms with Gasteiger partial charge >= 0.3 is 29.3 Å². The van der Waals surface area contributed by atoms with Gasteiger partial charge in [-0.05, 0) is 0 Å². The molecule has 12 nitrogen and oxygen atoms in total.